The van der Waals surface area contributed by atoms with Crippen LogP contribution in [-0.4, -0.2) is 45.0 Å². The van der Waals surface area contributed by atoms with Crippen LogP contribution in [0.1, 0.15) is 54.2 Å². The molecule has 0 saturated heterocycles. The van der Waals surface area contributed by atoms with Crippen LogP contribution in [0.25, 0.3) is 11.1 Å². The Morgan fingerprint density at radius 2 is 1.69 bits per heavy atom. The second-order valence-corrected chi connectivity index (χ2v) is 8.83. The minimum atomic E-state index is -1.41. The topological polar surface area (TPSA) is 123 Å². The average Bonchev–Trinajstić information content (AvgIpc) is 3.35. The van der Waals surface area contributed by atoms with Crippen molar-refractivity contribution in [1.82, 2.24) is 15.1 Å². The second kappa shape index (κ2) is 9.61. The van der Waals surface area contributed by atoms with Crippen LogP contribution < -0.4 is 10.6 Å². The summed E-state index contributed by atoms with van der Waals surface area (Å²) in [4.78, 5) is 36.8. The molecule has 182 valence electrons. The van der Waals surface area contributed by atoms with Gasteiger partial charge in [-0.3, -0.25) is 14.8 Å². The van der Waals surface area contributed by atoms with Crippen molar-refractivity contribution in [2.24, 2.45) is 7.05 Å². The predicted molar refractivity (Wildman–Crippen MR) is 130 cm³/mol. The molecule has 3 aromatic rings. The number of aromatic nitrogens is 2. The molecule has 35 heavy (non-hydrogen) atoms. The van der Waals surface area contributed by atoms with Crippen molar-refractivity contribution in [2.45, 2.75) is 38.1 Å². The number of anilines is 1. The Hall–Kier alpha value is -4.14. The van der Waals surface area contributed by atoms with Gasteiger partial charge in [0.2, 0.25) is 0 Å². The maximum absolute atomic E-state index is 12.6. The zero-order valence-corrected chi connectivity index (χ0v) is 19.9. The summed E-state index contributed by atoms with van der Waals surface area (Å²) in [6, 6.07) is 17.5. The fourth-order valence-corrected chi connectivity index (χ4v) is 4.47. The molecule has 0 radical (unpaired) electrons. The van der Waals surface area contributed by atoms with Gasteiger partial charge in [-0.15, -0.1) is 0 Å². The Kier molecular flexibility index (Phi) is 6.59. The molecule has 3 N–H and O–H groups in total. The molecule has 9 nitrogen and oxygen atoms in total. The van der Waals surface area contributed by atoms with Gasteiger partial charge in [0.05, 0.1) is 0 Å². The number of carbonyl (C=O) groups excluding carboxylic acids is 2. The second-order valence-electron chi connectivity index (χ2n) is 8.83. The van der Waals surface area contributed by atoms with E-state index in [1.807, 2.05) is 43.3 Å². The fraction of sp³-hybridized carbons (Fsp3) is 0.308. The summed E-state index contributed by atoms with van der Waals surface area (Å²) in [5, 5.41) is 18.7. The number of fused-ring (bicyclic) bond motifs is 3. The number of carboxylic acid groups (broad SMARTS) is 1. The molecular weight excluding hydrogens is 448 g/mol. The zero-order valence-electron chi connectivity index (χ0n) is 19.9. The smallest absolute Gasteiger partial charge is 0.412 e. The lowest BCUT2D eigenvalue weighted by atomic mass is 9.96. The molecule has 1 unspecified atom stereocenters. The van der Waals surface area contributed by atoms with Crippen LogP contribution >= 0.6 is 0 Å². The standard InChI is InChI=1S/C26H28N4O5/c1-4-13-26(2,24(32)33)28-23(31)21-14-22(30(3)29-21)27-25(34)35-15-20-18-11-7-5-9-16(18)17-10-6-8-12-19(17)20/h5-12,14,20H,4,13,15H2,1-3H3,(H,27,34)(H,28,31)(H,32,33). The Balaban J connectivity index is 1.42. The van der Waals surface area contributed by atoms with E-state index >= 15 is 0 Å². The minimum absolute atomic E-state index is 0.00924. The molecule has 0 aliphatic heterocycles. The van der Waals surface area contributed by atoms with E-state index in [0.29, 0.717) is 6.42 Å². The van der Waals surface area contributed by atoms with E-state index in [4.69, 9.17) is 4.74 Å². The van der Waals surface area contributed by atoms with Gasteiger partial charge in [0.15, 0.2) is 5.69 Å². The molecule has 1 aliphatic carbocycles. The normalized spacial score (nSPS) is 13.9. The van der Waals surface area contributed by atoms with Crippen LogP contribution in [0, 0.1) is 0 Å². The van der Waals surface area contributed by atoms with Gasteiger partial charge in [0.25, 0.3) is 5.91 Å². The van der Waals surface area contributed by atoms with E-state index in [0.717, 1.165) is 22.3 Å². The Morgan fingerprint density at radius 3 is 2.26 bits per heavy atom. The summed E-state index contributed by atoms with van der Waals surface area (Å²) in [5.74, 6) is -1.59. The van der Waals surface area contributed by atoms with Crippen molar-refractivity contribution in [1.29, 1.82) is 0 Å². The number of benzene rings is 2. The number of ether oxygens (including phenoxy) is 1. The van der Waals surface area contributed by atoms with E-state index in [1.54, 1.807) is 7.05 Å². The molecule has 0 saturated carbocycles. The lowest BCUT2D eigenvalue weighted by Gasteiger charge is -2.25. The van der Waals surface area contributed by atoms with E-state index in [1.165, 1.54) is 17.7 Å². The number of amides is 2. The van der Waals surface area contributed by atoms with Crippen molar-refractivity contribution in [3.8, 4) is 11.1 Å². The van der Waals surface area contributed by atoms with Crippen molar-refractivity contribution >= 4 is 23.8 Å². The maximum Gasteiger partial charge on any atom is 0.412 e. The highest BCUT2D eigenvalue weighted by molar-refractivity contribution is 5.97. The van der Waals surface area contributed by atoms with Crippen molar-refractivity contribution in [2.75, 3.05) is 11.9 Å². The molecule has 1 aromatic heterocycles. The molecule has 1 atom stereocenters. The molecule has 0 bridgehead atoms. The lowest BCUT2D eigenvalue weighted by Crippen LogP contribution is -2.52. The number of carboxylic acids is 1. The third kappa shape index (κ3) is 4.75. The minimum Gasteiger partial charge on any atom is -0.480 e. The largest absolute Gasteiger partial charge is 0.480 e. The molecule has 0 spiro atoms. The Bertz CT molecular complexity index is 1240. The van der Waals surface area contributed by atoms with Crippen LogP contribution in [0.4, 0.5) is 10.6 Å². The van der Waals surface area contributed by atoms with E-state index < -0.39 is 23.5 Å². The van der Waals surface area contributed by atoms with Gasteiger partial charge in [-0.2, -0.15) is 5.10 Å². The first-order valence-corrected chi connectivity index (χ1v) is 11.5. The first-order valence-electron chi connectivity index (χ1n) is 11.5. The molecule has 2 amide bonds. The number of nitrogens with one attached hydrogen (secondary N) is 2. The number of hydrogen-bond acceptors (Lipinski definition) is 5. The third-order valence-electron chi connectivity index (χ3n) is 6.30. The average molecular weight is 477 g/mol. The molecule has 4 rings (SSSR count). The maximum atomic E-state index is 12.6. The highest BCUT2D eigenvalue weighted by Crippen LogP contribution is 2.44. The van der Waals surface area contributed by atoms with Gasteiger partial charge in [-0.05, 0) is 35.6 Å². The van der Waals surface area contributed by atoms with Gasteiger partial charge >= 0.3 is 12.1 Å². The highest BCUT2D eigenvalue weighted by Gasteiger charge is 2.35. The Labute approximate surface area is 203 Å². The first kappa shape index (κ1) is 24.0. The highest BCUT2D eigenvalue weighted by atomic mass is 16.5. The summed E-state index contributed by atoms with van der Waals surface area (Å²) in [6.45, 7) is 3.44. The van der Waals surface area contributed by atoms with Crippen molar-refractivity contribution in [3.63, 3.8) is 0 Å². The van der Waals surface area contributed by atoms with Crippen molar-refractivity contribution in [3.05, 3.63) is 71.4 Å². The number of hydrogen-bond donors (Lipinski definition) is 3. The number of aryl methyl sites for hydroxylation is 1. The molecule has 9 heteroatoms. The SMILES string of the molecule is CCCC(C)(NC(=O)c1cc(NC(=O)OCC2c3ccccc3-c3ccccc32)n(C)n1)C(=O)O. The van der Waals surface area contributed by atoms with E-state index in [-0.39, 0.29) is 30.5 Å². The number of aliphatic carboxylic acids is 1. The summed E-state index contributed by atoms with van der Waals surface area (Å²) in [7, 11) is 1.57. The van der Waals surface area contributed by atoms with Crippen LogP contribution in [-0.2, 0) is 16.6 Å². The Morgan fingerprint density at radius 1 is 1.09 bits per heavy atom. The van der Waals surface area contributed by atoms with Crippen molar-refractivity contribution < 1.29 is 24.2 Å². The van der Waals surface area contributed by atoms with Gasteiger partial charge in [0.1, 0.15) is 18.0 Å². The molecular formula is C26H28N4O5. The first-order chi connectivity index (χ1) is 16.7. The molecule has 1 aliphatic rings. The number of rotatable bonds is 8. The van der Waals surface area contributed by atoms with Gasteiger partial charge in [0, 0.05) is 19.0 Å². The summed E-state index contributed by atoms with van der Waals surface area (Å²) >= 11 is 0. The zero-order chi connectivity index (χ0) is 25.2. The predicted octanol–water partition coefficient (Wildman–Crippen LogP) is 4.15. The van der Waals surface area contributed by atoms with Crippen LogP contribution in [0.3, 0.4) is 0 Å². The lowest BCUT2D eigenvalue weighted by molar-refractivity contribution is -0.144. The summed E-state index contributed by atoms with van der Waals surface area (Å²) in [6.07, 6.45) is 0.175. The van der Waals surface area contributed by atoms with E-state index in [2.05, 4.69) is 27.9 Å². The third-order valence-corrected chi connectivity index (χ3v) is 6.30. The molecule has 1 heterocycles. The number of nitrogens with zero attached hydrogens (tertiary/aromatic N) is 2. The fourth-order valence-electron chi connectivity index (χ4n) is 4.47. The van der Waals surface area contributed by atoms with Gasteiger partial charge in [-0.1, -0.05) is 61.9 Å². The van der Waals surface area contributed by atoms with Crippen LogP contribution in [0.15, 0.2) is 54.6 Å². The monoisotopic (exact) mass is 476 g/mol. The van der Waals surface area contributed by atoms with Gasteiger partial charge in [-0.25, -0.2) is 9.59 Å². The molecule has 0 fully saturated rings. The molecule has 2 aromatic carbocycles. The summed E-state index contributed by atoms with van der Waals surface area (Å²) < 4.78 is 6.87. The van der Waals surface area contributed by atoms with E-state index in [9.17, 15) is 19.5 Å². The summed E-state index contributed by atoms with van der Waals surface area (Å²) in [5.41, 5.74) is 3.06. The number of carbonyl (C=O) groups is 3. The van der Waals surface area contributed by atoms with Gasteiger partial charge < -0.3 is 15.2 Å². The van der Waals surface area contributed by atoms with Crippen LogP contribution in [0.2, 0.25) is 0 Å². The quantitative estimate of drug-likeness (QED) is 0.449. The van der Waals surface area contributed by atoms with Crippen LogP contribution in [0.5, 0.6) is 0 Å².